The summed E-state index contributed by atoms with van der Waals surface area (Å²) in [5.41, 5.74) is 2.18. The zero-order valence-corrected chi connectivity index (χ0v) is 13.9. The maximum absolute atomic E-state index is 12.1. The lowest BCUT2D eigenvalue weighted by molar-refractivity contribution is 0.0943. The van der Waals surface area contributed by atoms with Gasteiger partial charge in [0.15, 0.2) is 5.69 Å². The molecule has 23 heavy (non-hydrogen) atoms. The van der Waals surface area contributed by atoms with Crippen LogP contribution in [0.4, 0.5) is 0 Å². The Morgan fingerprint density at radius 2 is 2.17 bits per heavy atom. The molecule has 1 aromatic carbocycles. The summed E-state index contributed by atoms with van der Waals surface area (Å²) in [7, 11) is 0. The summed E-state index contributed by atoms with van der Waals surface area (Å²) in [6.45, 7) is 6.71. The molecule has 2 rings (SSSR count). The molecule has 2 N–H and O–H groups in total. The molecule has 2 aromatic rings. The highest BCUT2D eigenvalue weighted by atomic mass is 16.3. The van der Waals surface area contributed by atoms with E-state index >= 15 is 0 Å². The molecule has 124 valence electrons. The minimum atomic E-state index is -0.231. The van der Waals surface area contributed by atoms with Gasteiger partial charge in [-0.15, -0.1) is 5.10 Å². The van der Waals surface area contributed by atoms with E-state index in [0.29, 0.717) is 12.2 Å². The number of hydrogen-bond acceptors (Lipinski definition) is 4. The summed E-state index contributed by atoms with van der Waals surface area (Å²) >= 11 is 0. The second-order valence-corrected chi connectivity index (χ2v) is 6.57. The van der Waals surface area contributed by atoms with Gasteiger partial charge in [-0.3, -0.25) is 4.79 Å². The first-order valence-electron chi connectivity index (χ1n) is 7.80. The lowest BCUT2D eigenvalue weighted by atomic mass is 9.89. The van der Waals surface area contributed by atoms with Crippen molar-refractivity contribution in [3.63, 3.8) is 0 Å². The van der Waals surface area contributed by atoms with E-state index in [1.165, 1.54) is 0 Å². The number of hydrogen-bond donors (Lipinski definition) is 2. The molecule has 0 bridgehead atoms. The maximum atomic E-state index is 12.1. The van der Waals surface area contributed by atoms with Gasteiger partial charge in [-0.05, 0) is 42.9 Å². The fraction of sp³-hybridized carbons (Fsp3) is 0.471. The van der Waals surface area contributed by atoms with Gasteiger partial charge in [0.25, 0.3) is 5.91 Å². The number of aromatic nitrogens is 3. The molecule has 0 saturated heterocycles. The van der Waals surface area contributed by atoms with Crippen LogP contribution in [0.25, 0.3) is 5.69 Å². The van der Waals surface area contributed by atoms with Gasteiger partial charge in [0.2, 0.25) is 0 Å². The summed E-state index contributed by atoms with van der Waals surface area (Å²) < 4.78 is 1.59. The standard InChI is InChI=1S/C17H24N4O2/c1-13-6-4-7-14(10-13)21-11-15(19-20-21)16(23)18-9-5-8-17(2,3)12-22/h4,6-7,10-11,22H,5,8-9,12H2,1-3H3,(H,18,23). The maximum Gasteiger partial charge on any atom is 0.273 e. The predicted octanol–water partition coefficient (Wildman–Crippen LogP) is 2.10. The van der Waals surface area contributed by atoms with Crippen molar-refractivity contribution in [3.05, 3.63) is 41.7 Å². The van der Waals surface area contributed by atoms with E-state index < -0.39 is 0 Å². The van der Waals surface area contributed by atoms with Crippen LogP contribution >= 0.6 is 0 Å². The van der Waals surface area contributed by atoms with Crippen molar-refractivity contribution in [1.29, 1.82) is 0 Å². The van der Waals surface area contributed by atoms with Crippen molar-refractivity contribution in [2.45, 2.75) is 33.6 Å². The normalized spacial score (nSPS) is 11.5. The highest BCUT2D eigenvalue weighted by Gasteiger charge is 2.16. The van der Waals surface area contributed by atoms with Crippen LogP contribution in [0, 0.1) is 12.3 Å². The second-order valence-electron chi connectivity index (χ2n) is 6.57. The number of aliphatic hydroxyl groups is 1. The number of nitrogens with zero attached hydrogens (tertiary/aromatic N) is 3. The Morgan fingerprint density at radius 3 is 2.87 bits per heavy atom. The van der Waals surface area contributed by atoms with E-state index in [0.717, 1.165) is 24.1 Å². The van der Waals surface area contributed by atoms with E-state index in [1.54, 1.807) is 10.9 Å². The highest BCUT2D eigenvalue weighted by Crippen LogP contribution is 2.20. The number of carbonyl (C=O) groups is 1. The molecule has 1 aromatic heterocycles. The quantitative estimate of drug-likeness (QED) is 0.767. The Kier molecular flexibility index (Phi) is 5.50. The first kappa shape index (κ1) is 17.1. The number of carbonyl (C=O) groups excluding carboxylic acids is 1. The van der Waals surface area contributed by atoms with Crippen LogP contribution < -0.4 is 5.32 Å². The van der Waals surface area contributed by atoms with Crippen LogP contribution in [0.3, 0.4) is 0 Å². The summed E-state index contributed by atoms with van der Waals surface area (Å²) in [5.74, 6) is -0.231. The van der Waals surface area contributed by atoms with Crippen molar-refractivity contribution < 1.29 is 9.90 Å². The minimum Gasteiger partial charge on any atom is -0.396 e. The molecule has 0 aliphatic heterocycles. The van der Waals surface area contributed by atoms with Gasteiger partial charge in [0, 0.05) is 13.2 Å². The van der Waals surface area contributed by atoms with Gasteiger partial charge in [0.05, 0.1) is 11.9 Å². The van der Waals surface area contributed by atoms with Gasteiger partial charge in [-0.25, -0.2) is 4.68 Å². The molecule has 0 unspecified atom stereocenters. The molecule has 0 aliphatic rings. The van der Waals surface area contributed by atoms with Crippen molar-refractivity contribution in [2.24, 2.45) is 5.41 Å². The van der Waals surface area contributed by atoms with E-state index in [-0.39, 0.29) is 17.9 Å². The fourth-order valence-corrected chi connectivity index (χ4v) is 2.20. The lowest BCUT2D eigenvalue weighted by Gasteiger charge is -2.21. The van der Waals surface area contributed by atoms with E-state index in [1.807, 2.05) is 45.0 Å². The second kappa shape index (κ2) is 7.37. The molecule has 6 nitrogen and oxygen atoms in total. The largest absolute Gasteiger partial charge is 0.396 e. The molecule has 0 aliphatic carbocycles. The number of amides is 1. The van der Waals surface area contributed by atoms with Crippen LogP contribution in [0.1, 0.15) is 42.7 Å². The monoisotopic (exact) mass is 316 g/mol. The lowest BCUT2D eigenvalue weighted by Crippen LogP contribution is -2.26. The molecular weight excluding hydrogens is 292 g/mol. The van der Waals surface area contributed by atoms with Gasteiger partial charge in [-0.1, -0.05) is 31.2 Å². The van der Waals surface area contributed by atoms with Crippen molar-refractivity contribution in [2.75, 3.05) is 13.2 Å². The van der Waals surface area contributed by atoms with Gasteiger partial charge in [0.1, 0.15) is 0 Å². The topological polar surface area (TPSA) is 80.0 Å². The average molecular weight is 316 g/mol. The Hall–Kier alpha value is -2.21. The molecule has 0 radical (unpaired) electrons. The van der Waals surface area contributed by atoms with Crippen molar-refractivity contribution in [1.82, 2.24) is 20.3 Å². The summed E-state index contributed by atoms with van der Waals surface area (Å²) in [6, 6.07) is 7.84. The van der Waals surface area contributed by atoms with E-state index in [9.17, 15) is 9.90 Å². The first-order valence-corrected chi connectivity index (χ1v) is 7.80. The van der Waals surface area contributed by atoms with Crippen LogP contribution in [0.5, 0.6) is 0 Å². The van der Waals surface area contributed by atoms with E-state index in [2.05, 4.69) is 15.6 Å². The first-order chi connectivity index (χ1) is 10.9. The molecule has 6 heteroatoms. The number of rotatable bonds is 7. The Labute approximate surface area is 136 Å². The predicted molar refractivity (Wildman–Crippen MR) is 88.5 cm³/mol. The molecule has 0 atom stereocenters. The van der Waals surface area contributed by atoms with Crippen LogP contribution in [-0.4, -0.2) is 39.2 Å². The fourth-order valence-electron chi connectivity index (χ4n) is 2.20. The number of nitrogens with one attached hydrogen (secondary N) is 1. The summed E-state index contributed by atoms with van der Waals surface area (Å²) in [5, 5.41) is 20.0. The molecule has 1 amide bonds. The molecule has 0 spiro atoms. The van der Waals surface area contributed by atoms with Crippen molar-refractivity contribution in [3.8, 4) is 5.69 Å². The van der Waals surface area contributed by atoms with E-state index in [4.69, 9.17) is 0 Å². The number of aryl methyl sites for hydroxylation is 1. The zero-order valence-electron chi connectivity index (χ0n) is 13.9. The van der Waals surface area contributed by atoms with Gasteiger partial charge < -0.3 is 10.4 Å². The third-order valence-corrected chi connectivity index (χ3v) is 3.74. The Balaban J connectivity index is 1.89. The highest BCUT2D eigenvalue weighted by molar-refractivity contribution is 5.91. The third-order valence-electron chi connectivity index (χ3n) is 3.74. The molecule has 1 heterocycles. The van der Waals surface area contributed by atoms with Gasteiger partial charge in [-0.2, -0.15) is 0 Å². The third kappa shape index (κ3) is 4.89. The van der Waals surface area contributed by atoms with Crippen LogP contribution in [0.15, 0.2) is 30.5 Å². The minimum absolute atomic E-state index is 0.112. The molecule has 0 saturated carbocycles. The SMILES string of the molecule is Cc1cccc(-n2cc(C(=O)NCCCC(C)(C)CO)nn2)c1. The van der Waals surface area contributed by atoms with Gasteiger partial charge >= 0.3 is 0 Å². The number of benzene rings is 1. The zero-order chi connectivity index (χ0) is 16.9. The number of aliphatic hydroxyl groups excluding tert-OH is 1. The molecular formula is C17H24N4O2. The van der Waals surface area contributed by atoms with Crippen LogP contribution in [-0.2, 0) is 0 Å². The van der Waals surface area contributed by atoms with Crippen molar-refractivity contribution >= 4 is 5.91 Å². The summed E-state index contributed by atoms with van der Waals surface area (Å²) in [6.07, 6.45) is 3.28. The Morgan fingerprint density at radius 1 is 1.39 bits per heavy atom. The van der Waals surface area contributed by atoms with Crippen LogP contribution in [0.2, 0.25) is 0 Å². The molecule has 0 fully saturated rings. The smallest absolute Gasteiger partial charge is 0.273 e. The Bertz CT molecular complexity index is 664. The average Bonchev–Trinajstić information content (AvgIpc) is 3.01. The summed E-state index contributed by atoms with van der Waals surface area (Å²) in [4.78, 5) is 12.1.